The Morgan fingerprint density at radius 3 is 1.24 bits per heavy atom. The molecule has 4 nitrogen and oxygen atoms in total. The van der Waals surface area contributed by atoms with E-state index in [1.807, 2.05) is 0 Å². The summed E-state index contributed by atoms with van der Waals surface area (Å²) >= 11 is 0. The van der Waals surface area contributed by atoms with E-state index in [4.69, 9.17) is 15.0 Å². The molecule has 0 atom stereocenters. The highest BCUT2D eigenvalue weighted by molar-refractivity contribution is 5.53. The SMILES string of the molecule is CCCCN(CCCC)CCCC.O=C(O)O. The average molecular weight is 247 g/mol. The van der Waals surface area contributed by atoms with E-state index in [0.717, 1.165) is 0 Å². The first kappa shape index (κ1) is 18.6. The van der Waals surface area contributed by atoms with E-state index in [0.29, 0.717) is 0 Å². The third-order valence-electron chi connectivity index (χ3n) is 2.48. The molecule has 0 saturated heterocycles. The largest absolute Gasteiger partial charge is 0.503 e. The molecule has 0 aliphatic rings. The highest BCUT2D eigenvalue weighted by atomic mass is 16.6. The molecule has 4 heteroatoms. The van der Waals surface area contributed by atoms with E-state index in [2.05, 4.69) is 25.7 Å². The summed E-state index contributed by atoms with van der Waals surface area (Å²) in [6, 6.07) is 0. The molecule has 2 N–H and O–H groups in total. The minimum atomic E-state index is -1.83. The van der Waals surface area contributed by atoms with Gasteiger partial charge in [-0.1, -0.05) is 40.0 Å². The highest BCUT2D eigenvalue weighted by Crippen LogP contribution is 2.01. The molecule has 0 saturated carbocycles. The predicted molar refractivity (Wildman–Crippen MR) is 71.8 cm³/mol. The fourth-order valence-electron chi connectivity index (χ4n) is 1.48. The Hall–Kier alpha value is -0.770. The smallest absolute Gasteiger partial charge is 0.450 e. The van der Waals surface area contributed by atoms with Gasteiger partial charge in [0, 0.05) is 0 Å². The lowest BCUT2D eigenvalue weighted by Crippen LogP contribution is -2.27. The first-order valence-electron chi connectivity index (χ1n) is 6.72. The van der Waals surface area contributed by atoms with Crippen LogP contribution < -0.4 is 0 Å². The lowest BCUT2D eigenvalue weighted by Gasteiger charge is -2.21. The molecule has 104 valence electrons. The van der Waals surface area contributed by atoms with Gasteiger partial charge >= 0.3 is 6.16 Å². The summed E-state index contributed by atoms with van der Waals surface area (Å²) in [4.78, 5) is 11.2. The molecule has 0 rings (SSSR count). The van der Waals surface area contributed by atoms with Gasteiger partial charge in [0.05, 0.1) is 0 Å². The minimum absolute atomic E-state index is 1.32. The van der Waals surface area contributed by atoms with Crippen molar-refractivity contribution in [3.05, 3.63) is 0 Å². The van der Waals surface area contributed by atoms with Gasteiger partial charge in [-0.3, -0.25) is 0 Å². The first-order chi connectivity index (χ1) is 8.08. The molecule has 0 bridgehead atoms. The molecule has 0 fully saturated rings. The minimum Gasteiger partial charge on any atom is -0.450 e. The Balaban J connectivity index is 0. The predicted octanol–water partition coefficient (Wildman–Crippen LogP) is 3.91. The molecule has 0 heterocycles. The second-order valence-corrected chi connectivity index (χ2v) is 4.18. The van der Waals surface area contributed by atoms with Gasteiger partial charge in [0.25, 0.3) is 0 Å². The van der Waals surface area contributed by atoms with Gasteiger partial charge in [0.2, 0.25) is 0 Å². The van der Waals surface area contributed by atoms with Crippen molar-refractivity contribution in [3.8, 4) is 0 Å². The summed E-state index contributed by atoms with van der Waals surface area (Å²) < 4.78 is 0. The van der Waals surface area contributed by atoms with Crippen LogP contribution in [-0.4, -0.2) is 40.9 Å². The van der Waals surface area contributed by atoms with Crippen LogP contribution in [0.2, 0.25) is 0 Å². The van der Waals surface area contributed by atoms with E-state index in [1.165, 1.54) is 58.2 Å². The fraction of sp³-hybridized carbons (Fsp3) is 0.923. The van der Waals surface area contributed by atoms with Gasteiger partial charge < -0.3 is 15.1 Å². The topological polar surface area (TPSA) is 60.8 Å². The highest BCUT2D eigenvalue weighted by Gasteiger charge is 2.01. The first-order valence-corrected chi connectivity index (χ1v) is 6.72. The van der Waals surface area contributed by atoms with Crippen molar-refractivity contribution in [2.75, 3.05) is 19.6 Å². The normalized spacial score (nSPS) is 9.88. The van der Waals surface area contributed by atoms with Gasteiger partial charge in [-0.2, -0.15) is 0 Å². The molecule has 17 heavy (non-hydrogen) atoms. The summed E-state index contributed by atoms with van der Waals surface area (Å²) in [6.45, 7) is 10.8. The van der Waals surface area contributed by atoms with Gasteiger partial charge in [-0.25, -0.2) is 4.79 Å². The number of hydrogen-bond acceptors (Lipinski definition) is 2. The van der Waals surface area contributed by atoms with Gasteiger partial charge in [-0.05, 0) is 38.9 Å². The molecule has 0 aliphatic carbocycles. The quantitative estimate of drug-likeness (QED) is 0.648. The van der Waals surface area contributed by atoms with Crippen molar-refractivity contribution < 1.29 is 15.0 Å². The Morgan fingerprint density at radius 1 is 0.824 bits per heavy atom. The number of hydrogen-bond donors (Lipinski definition) is 2. The van der Waals surface area contributed by atoms with Crippen molar-refractivity contribution in [2.45, 2.75) is 59.3 Å². The van der Waals surface area contributed by atoms with Crippen LogP contribution in [0.4, 0.5) is 4.79 Å². The molecule has 0 amide bonds. The maximum Gasteiger partial charge on any atom is 0.503 e. The van der Waals surface area contributed by atoms with Crippen LogP contribution >= 0.6 is 0 Å². The Labute approximate surface area is 106 Å². The molecular formula is C13H29NO3. The third kappa shape index (κ3) is 21.1. The maximum absolute atomic E-state index is 8.56. The Kier molecular flexibility index (Phi) is 16.7. The number of unbranched alkanes of at least 4 members (excludes halogenated alkanes) is 3. The monoisotopic (exact) mass is 247 g/mol. The maximum atomic E-state index is 8.56. The fourth-order valence-corrected chi connectivity index (χ4v) is 1.48. The summed E-state index contributed by atoms with van der Waals surface area (Å²) in [5, 5.41) is 13.9. The van der Waals surface area contributed by atoms with Gasteiger partial charge in [-0.15, -0.1) is 0 Å². The van der Waals surface area contributed by atoms with E-state index in [1.54, 1.807) is 0 Å². The standard InChI is InChI=1S/C12H27N.CH2O3/c1-4-7-10-13(11-8-5-2)12-9-6-3;2-1(3)4/h4-12H2,1-3H3;(H2,2,3,4). The van der Waals surface area contributed by atoms with Gasteiger partial charge in [0.15, 0.2) is 0 Å². The zero-order valence-electron chi connectivity index (χ0n) is 11.6. The second kappa shape index (κ2) is 15.2. The van der Waals surface area contributed by atoms with Crippen LogP contribution in [0.15, 0.2) is 0 Å². The lowest BCUT2D eigenvalue weighted by molar-refractivity contribution is 0.137. The molecule has 0 spiro atoms. The molecule has 0 unspecified atom stereocenters. The second-order valence-electron chi connectivity index (χ2n) is 4.18. The number of carboxylic acid groups (broad SMARTS) is 2. The van der Waals surface area contributed by atoms with E-state index >= 15 is 0 Å². The Morgan fingerprint density at radius 2 is 1.06 bits per heavy atom. The van der Waals surface area contributed by atoms with Crippen molar-refractivity contribution in [2.24, 2.45) is 0 Å². The van der Waals surface area contributed by atoms with Gasteiger partial charge in [0.1, 0.15) is 0 Å². The van der Waals surface area contributed by atoms with Crippen LogP contribution in [-0.2, 0) is 0 Å². The molecular weight excluding hydrogens is 218 g/mol. The number of rotatable bonds is 9. The van der Waals surface area contributed by atoms with Crippen LogP contribution in [0.5, 0.6) is 0 Å². The summed E-state index contributed by atoms with van der Waals surface area (Å²) in [5.41, 5.74) is 0. The summed E-state index contributed by atoms with van der Waals surface area (Å²) in [5.74, 6) is 0. The van der Waals surface area contributed by atoms with Crippen molar-refractivity contribution in [3.63, 3.8) is 0 Å². The lowest BCUT2D eigenvalue weighted by atomic mass is 10.2. The number of carbonyl (C=O) groups is 1. The van der Waals surface area contributed by atoms with E-state index in [9.17, 15) is 0 Å². The van der Waals surface area contributed by atoms with Crippen molar-refractivity contribution in [1.29, 1.82) is 0 Å². The average Bonchev–Trinajstić information content (AvgIpc) is 2.27. The molecule has 0 aromatic rings. The zero-order chi connectivity index (χ0) is 13.5. The van der Waals surface area contributed by atoms with E-state index in [-0.39, 0.29) is 0 Å². The van der Waals surface area contributed by atoms with Crippen LogP contribution in [0, 0.1) is 0 Å². The molecule has 0 aromatic heterocycles. The molecule has 0 aliphatic heterocycles. The third-order valence-corrected chi connectivity index (χ3v) is 2.48. The summed E-state index contributed by atoms with van der Waals surface area (Å²) in [6.07, 6.45) is 6.26. The number of nitrogens with zero attached hydrogens (tertiary/aromatic N) is 1. The van der Waals surface area contributed by atoms with Crippen LogP contribution in [0.3, 0.4) is 0 Å². The zero-order valence-corrected chi connectivity index (χ0v) is 11.6. The summed E-state index contributed by atoms with van der Waals surface area (Å²) in [7, 11) is 0. The van der Waals surface area contributed by atoms with Crippen LogP contribution in [0.1, 0.15) is 59.3 Å². The molecule has 0 radical (unpaired) electrons. The van der Waals surface area contributed by atoms with E-state index < -0.39 is 6.16 Å². The van der Waals surface area contributed by atoms with Crippen LogP contribution in [0.25, 0.3) is 0 Å². The van der Waals surface area contributed by atoms with Crippen molar-refractivity contribution >= 4 is 6.16 Å². The Bertz CT molecular complexity index is 140. The van der Waals surface area contributed by atoms with Crippen molar-refractivity contribution in [1.82, 2.24) is 4.90 Å². The molecule has 0 aromatic carbocycles.